The summed E-state index contributed by atoms with van der Waals surface area (Å²) in [5.74, 6) is 0. The molecule has 0 unspecified atom stereocenters. The second-order valence-electron chi connectivity index (χ2n) is 4.89. The van der Waals surface area contributed by atoms with Crippen LogP contribution in [0.25, 0.3) is 10.9 Å². The summed E-state index contributed by atoms with van der Waals surface area (Å²) in [6.45, 7) is 2.12. The highest BCUT2D eigenvalue weighted by atomic mass is 14.9. The number of hydrogen-bond donors (Lipinski definition) is 1. The van der Waals surface area contributed by atoms with Crippen LogP contribution in [0.15, 0.2) is 18.2 Å². The summed E-state index contributed by atoms with van der Waals surface area (Å²) >= 11 is 0. The molecule has 0 saturated carbocycles. The first-order valence-corrected chi connectivity index (χ1v) is 6.39. The van der Waals surface area contributed by atoms with Gasteiger partial charge >= 0.3 is 0 Å². The maximum absolute atomic E-state index is 4.85. The van der Waals surface area contributed by atoms with Gasteiger partial charge in [-0.1, -0.05) is 12.1 Å². The zero-order valence-electron chi connectivity index (χ0n) is 10.5. The molecule has 1 aromatic heterocycles. The van der Waals surface area contributed by atoms with E-state index in [1.165, 1.54) is 47.2 Å². The van der Waals surface area contributed by atoms with E-state index < -0.39 is 0 Å². The predicted molar refractivity (Wildman–Crippen MR) is 72.7 cm³/mol. The van der Waals surface area contributed by atoms with Crippen LogP contribution in [0.2, 0.25) is 0 Å². The third-order valence-electron chi connectivity index (χ3n) is 3.67. The van der Waals surface area contributed by atoms with E-state index in [9.17, 15) is 0 Å². The second-order valence-corrected chi connectivity index (χ2v) is 4.89. The van der Waals surface area contributed by atoms with Gasteiger partial charge in [0.05, 0.1) is 5.52 Å². The summed E-state index contributed by atoms with van der Waals surface area (Å²) < 4.78 is 0. The highest BCUT2D eigenvalue weighted by molar-refractivity contribution is 5.93. The molecule has 17 heavy (non-hydrogen) atoms. The maximum Gasteiger partial charge on any atom is 0.0728 e. The topological polar surface area (TPSA) is 24.9 Å². The smallest absolute Gasteiger partial charge is 0.0728 e. The van der Waals surface area contributed by atoms with Crippen molar-refractivity contribution >= 4 is 16.6 Å². The van der Waals surface area contributed by atoms with Crippen LogP contribution in [-0.4, -0.2) is 12.0 Å². The number of aromatic nitrogens is 1. The first kappa shape index (κ1) is 10.6. The fourth-order valence-electron chi connectivity index (χ4n) is 2.82. The molecule has 0 saturated heterocycles. The number of benzene rings is 1. The van der Waals surface area contributed by atoms with Crippen LogP contribution in [0.1, 0.15) is 29.7 Å². The zero-order valence-corrected chi connectivity index (χ0v) is 10.5. The van der Waals surface area contributed by atoms with E-state index in [4.69, 9.17) is 4.98 Å². The first-order chi connectivity index (χ1) is 8.29. The Bertz CT molecular complexity index is 573. The molecular weight excluding hydrogens is 208 g/mol. The van der Waals surface area contributed by atoms with E-state index in [1.807, 2.05) is 7.05 Å². The van der Waals surface area contributed by atoms with Crippen LogP contribution in [0.4, 0.5) is 5.69 Å². The molecule has 1 aromatic carbocycles. The van der Waals surface area contributed by atoms with Gasteiger partial charge in [0.2, 0.25) is 0 Å². The number of nitrogens with zero attached hydrogens (tertiary/aromatic N) is 1. The lowest BCUT2D eigenvalue weighted by atomic mass is 9.92. The normalized spacial score (nSPS) is 14.7. The summed E-state index contributed by atoms with van der Waals surface area (Å²) in [7, 11) is 2.02. The molecule has 0 atom stereocenters. The molecule has 88 valence electrons. The number of nitrogens with one attached hydrogen (secondary N) is 1. The molecule has 0 radical (unpaired) electrons. The van der Waals surface area contributed by atoms with E-state index >= 15 is 0 Å². The Kier molecular flexibility index (Phi) is 2.50. The van der Waals surface area contributed by atoms with Crippen molar-refractivity contribution in [3.05, 3.63) is 35.0 Å². The van der Waals surface area contributed by atoms with Gasteiger partial charge in [0, 0.05) is 23.8 Å². The van der Waals surface area contributed by atoms with E-state index in [2.05, 4.69) is 30.4 Å². The Morgan fingerprint density at radius 3 is 2.82 bits per heavy atom. The van der Waals surface area contributed by atoms with Crippen LogP contribution in [0.3, 0.4) is 0 Å². The summed E-state index contributed by atoms with van der Waals surface area (Å²) in [5, 5.41) is 4.64. The molecule has 0 fully saturated rings. The van der Waals surface area contributed by atoms with Crippen molar-refractivity contribution < 1.29 is 0 Å². The van der Waals surface area contributed by atoms with Gasteiger partial charge in [-0.15, -0.1) is 0 Å². The van der Waals surface area contributed by atoms with Crippen molar-refractivity contribution in [1.82, 2.24) is 4.98 Å². The SMILES string of the molecule is CNc1c2c(nc3cc(C)ccc13)CCCC2. The molecular formula is C15H18N2. The van der Waals surface area contributed by atoms with Gasteiger partial charge < -0.3 is 5.32 Å². The lowest BCUT2D eigenvalue weighted by Crippen LogP contribution is -2.09. The third-order valence-corrected chi connectivity index (χ3v) is 3.67. The van der Waals surface area contributed by atoms with Gasteiger partial charge in [0.15, 0.2) is 0 Å². The molecule has 0 spiro atoms. The number of rotatable bonds is 1. The van der Waals surface area contributed by atoms with Crippen molar-refractivity contribution in [2.24, 2.45) is 0 Å². The van der Waals surface area contributed by atoms with E-state index in [0.717, 1.165) is 11.9 Å². The molecule has 1 N–H and O–H groups in total. The van der Waals surface area contributed by atoms with E-state index in [-0.39, 0.29) is 0 Å². The molecule has 1 heterocycles. The van der Waals surface area contributed by atoms with Gasteiger partial charge in [-0.25, -0.2) is 0 Å². The molecule has 0 aliphatic heterocycles. The highest BCUT2D eigenvalue weighted by Crippen LogP contribution is 2.33. The molecule has 2 heteroatoms. The summed E-state index contributed by atoms with van der Waals surface area (Å²) in [6, 6.07) is 6.55. The molecule has 2 aromatic rings. The molecule has 1 aliphatic carbocycles. The third kappa shape index (κ3) is 1.68. The maximum atomic E-state index is 4.85. The minimum Gasteiger partial charge on any atom is -0.387 e. The van der Waals surface area contributed by atoms with Gasteiger partial charge in [0.1, 0.15) is 0 Å². The second kappa shape index (κ2) is 4.02. The fourth-order valence-corrected chi connectivity index (χ4v) is 2.82. The molecule has 1 aliphatic rings. The van der Waals surface area contributed by atoms with Crippen molar-refractivity contribution in [2.45, 2.75) is 32.6 Å². The summed E-state index contributed by atoms with van der Waals surface area (Å²) in [4.78, 5) is 4.85. The number of hydrogen-bond acceptors (Lipinski definition) is 2. The minimum atomic E-state index is 1.13. The van der Waals surface area contributed by atoms with Crippen LogP contribution in [0, 0.1) is 6.92 Å². The minimum absolute atomic E-state index is 1.13. The van der Waals surface area contributed by atoms with Gasteiger partial charge in [-0.05, 0) is 49.8 Å². The molecule has 3 rings (SSSR count). The monoisotopic (exact) mass is 226 g/mol. The molecule has 0 bridgehead atoms. The van der Waals surface area contributed by atoms with Crippen LogP contribution in [-0.2, 0) is 12.8 Å². The average molecular weight is 226 g/mol. The molecule has 0 amide bonds. The van der Waals surface area contributed by atoms with Gasteiger partial charge in [-0.2, -0.15) is 0 Å². The summed E-state index contributed by atoms with van der Waals surface area (Å²) in [5.41, 5.74) is 6.45. The van der Waals surface area contributed by atoms with E-state index in [1.54, 1.807) is 0 Å². The lowest BCUT2D eigenvalue weighted by molar-refractivity contribution is 0.672. The molecule has 2 nitrogen and oxygen atoms in total. The average Bonchev–Trinajstić information content (AvgIpc) is 2.35. The predicted octanol–water partition coefficient (Wildman–Crippen LogP) is 3.46. The quantitative estimate of drug-likeness (QED) is 0.805. The lowest BCUT2D eigenvalue weighted by Gasteiger charge is -2.20. The largest absolute Gasteiger partial charge is 0.387 e. The number of aryl methyl sites for hydroxylation is 2. The zero-order chi connectivity index (χ0) is 11.8. The van der Waals surface area contributed by atoms with Crippen molar-refractivity contribution in [2.75, 3.05) is 12.4 Å². The Labute approximate surface area is 102 Å². The van der Waals surface area contributed by atoms with Gasteiger partial charge in [-0.3, -0.25) is 4.98 Å². The number of anilines is 1. The Morgan fingerprint density at radius 2 is 2.00 bits per heavy atom. The van der Waals surface area contributed by atoms with Crippen molar-refractivity contribution in [3.8, 4) is 0 Å². The highest BCUT2D eigenvalue weighted by Gasteiger charge is 2.17. The Morgan fingerprint density at radius 1 is 1.18 bits per heavy atom. The Balaban J connectivity index is 2.34. The number of fused-ring (bicyclic) bond motifs is 2. The van der Waals surface area contributed by atoms with Crippen molar-refractivity contribution in [1.29, 1.82) is 0 Å². The fraction of sp³-hybridized carbons (Fsp3) is 0.400. The van der Waals surface area contributed by atoms with Crippen LogP contribution in [0.5, 0.6) is 0 Å². The number of pyridine rings is 1. The van der Waals surface area contributed by atoms with Crippen molar-refractivity contribution in [3.63, 3.8) is 0 Å². The first-order valence-electron chi connectivity index (χ1n) is 6.39. The van der Waals surface area contributed by atoms with Crippen LogP contribution < -0.4 is 5.32 Å². The summed E-state index contributed by atoms with van der Waals surface area (Å²) in [6.07, 6.45) is 4.87. The van der Waals surface area contributed by atoms with Crippen LogP contribution >= 0.6 is 0 Å². The van der Waals surface area contributed by atoms with E-state index in [0.29, 0.717) is 0 Å². The Hall–Kier alpha value is -1.57. The van der Waals surface area contributed by atoms with Gasteiger partial charge in [0.25, 0.3) is 0 Å². The standard InChI is InChI=1S/C15H18N2/c1-10-7-8-12-14(9-10)17-13-6-4-3-5-11(13)15(12)16-2/h7-9H,3-6H2,1-2H3,(H,16,17).